The highest BCUT2D eigenvalue weighted by Gasteiger charge is 2.12. The fourth-order valence-corrected chi connectivity index (χ4v) is 3.35. The highest BCUT2D eigenvalue weighted by Crippen LogP contribution is 2.24. The summed E-state index contributed by atoms with van der Waals surface area (Å²) in [5, 5.41) is 4.78. The second-order valence-corrected chi connectivity index (χ2v) is 7.63. The number of halogens is 1. The molecule has 28 heavy (non-hydrogen) atoms. The standard InChI is InChI=1S/C20H19ClN4O2S/c1-13-11-18(24-25(13)2)20(27)23-22-19(26)15-5-3-14(4-6-15)12-28-17-9-7-16(21)8-10-17/h3-11H,12H2,1-2H3,(H,22,26)(H,23,27). The van der Waals surface area contributed by atoms with Gasteiger partial charge in [-0.15, -0.1) is 11.8 Å². The van der Waals surface area contributed by atoms with Gasteiger partial charge in [-0.25, -0.2) is 0 Å². The van der Waals surface area contributed by atoms with Crippen molar-refractivity contribution in [3.63, 3.8) is 0 Å². The topological polar surface area (TPSA) is 76.0 Å². The van der Waals surface area contributed by atoms with E-state index in [9.17, 15) is 9.59 Å². The molecule has 6 nitrogen and oxygen atoms in total. The number of benzene rings is 2. The lowest BCUT2D eigenvalue weighted by atomic mass is 10.1. The summed E-state index contributed by atoms with van der Waals surface area (Å²) in [7, 11) is 1.75. The molecule has 2 amide bonds. The molecule has 2 N–H and O–H groups in total. The Balaban J connectivity index is 1.51. The number of hydrazine groups is 1. The van der Waals surface area contributed by atoms with Crippen LogP contribution in [-0.4, -0.2) is 21.6 Å². The molecule has 2 aromatic carbocycles. The number of hydrogen-bond acceptors (Lipinski definition) is 4. The van der Waals surface area contributed by atoms with Crippen LogP contribution in [0.2, 0.25) is 5.02 Å². The third kappa shape index (κ3) is 5.15. The Hall–Kier alpha value is -2.77. The summed E-state index contributed by atoms with van der Waals surface area (Å²) in [4.78, 5) is 25.4. The van der Waals surface area contributed by atoms with Gasteiger partial charge in [-0.2, -0.15) is 5.10 Å². The van der Waals surface area contributed by atoms with Crippen molar-refractivity contribution in [1.82, 2.24) is 20.6 Å². The number of rotatable bonds is 5. The van der Waals surface area contributed by atoms with Gasteiger partial charge in [0.25, 0.3) is 11.8 Å². The van der Waals surface area contributed by atoms with Crippen LogP contribution in [0, 0.1) is 6.92 Å². The van der Waals surface area contributed by atoms with E-state index in [-0.39, 0.29) is 5.69 Å². The lowest BCUT2D eigenvalue weighted by molar-refractivity contribution is 0.0843. The number of hydrogen-bond donors (Lipinski definition) is 2. The molecule has 0 saturated carbocycles. The van der Waals surface area contributed by atoms with Crippen molar-refractivity contribution in [2.45, 2.75) is 17.6 Å². The van der Waals surface area contributed by atoms with Crippen LogP contribution in [0.3, 0.4) is 0 Å². The van der Waals surface area contributed by atoms with Gasteiger partial charge in [-0.05, 0) is 55.0 Å². The molecule has 0 unspecified atom stereocenters. The van der Waals surface area contributed by atoms with Crippen molar-refractivity contribution >= 4 is 35.2 Å². The van der Waals surface area contributed by atoms with Gasteiger partial charge in [0, 0.05) is 34.0 Å². The molecule has 0 atom stereocenters. The monoisotopic (exact) mass is 414 g/mol. The fraction of sp³-hybridized carbons (Fsp3) is 0.150. The predicted molar refractivity (Wildman–Crippen MR) is 110 cm³/mol. The van der Waals surface area contributed by atoms with Crippen LogP contribution < -0.4 is 10.9 Å². The number of thioether (sulfide) groups is 1. The molecule has 0 spiro atoms. The Morgan fingerprint density at radius 1 is 1.04 bits per heavy atom. The van der Waals surface area contributed by atoms with E-state index in [1.807, 2.05) is 43.3 Å². The Labute approximate surface area is 172 Å². The number of carbonyl (C=O) groups is 2. The first-order chi connectivity index (χ1) is 13.4. The van der Waals surface area contributed by atoms with E-state index in [2.05, 4.69) is 16.0 Å². The average Bonchev–Trinajstić information content (AvgIpc) is 3.04. The summed E-state index contributed by atoms with van der Waals surface area (Å²) in [5.41, 5.74) is 7.42. The normalized spacial score (nSPS) is 10.5. The highest BCUT2D eigenvalue weighted by molar-refractivity contribution is 7.98. The van der Waals surface area contributed by atoms with Crippen LogP contribution in [0.5, 0.6) is 0 Å². The molecule has 0 aliphatic rings. The molecule has 0 aliphatic carbocycles. The van der Waals surface area contributed by atoms with Crippen molar-refractivity contribution in [2.24, 2.45) is 7.05 Å². The number of nitrogens with zero attached hydrogens (tertiary/aromatic N) is 2. The van der Waals surface area contributed by atoms with E-state index in [1.165, 1.54) is 0 Å². The molecule has 0 fully saturated rings. The highest BCUT2D eigenvalue weighted by atomic mass is 35.5. The Morgan fingerprint density at radius 3 is 2.29 bits per heavy atom. The van der Waals surface area contributed by atoms with Gasteiger partial charge >= 0.3 is 0 Å². The van der Waals surface area contributed by atoms with E-state index in [0.29, 0.717) is 10.6 Å². The van der Waals surface area contributed by atoms with Gasteiger partial charge in [0.1, 0.15) is 0 Å². The van der Waals surface area contributed by atoms with Crippen LogP contribution in [0.25, 0.3) is 0 Å². The van der Waals surface area contributed by atoms with Gasteiger partial charge in [-0.1, -0.05) is 23.7 Å². The number of nitrogens with one attached hydrogen (secondary N) is 2. The zero-order valence-electron chi connectivity index (χ0n) is 15.4. The SMILES string of the molecule is Cc1cc(C(=O)NNC(=O)c2ccc(CSc3ccc(Cl)cc3)cc2)nn1C. The molecular formula is C20H19ClN4O2S. The summed E-state index contributed by atoms with van der Waals surface area (Å²) >= 11 is 7.57. The summed E-state index contributed by atoms with van der Waals surface area (Å²) in [6, 6.07) is 16.5. The number of amides is 2. The van der Waals surface area contributed by atoms with E-state index in [4.69, 9.17) is 11.6 Å². The Bertz CT molecular complexity index is 965. The third-order valence-corrected chi connectivity index (χ3v) is 5.41. The quantitative estimate of drug-likeness (QED) is 0.492. The lowest BCUT2D eigenvalue weighted by Gasteiger charge is -2.07. The maximum atomic E-state index is 12.2. The lowest BCUT2D eigenvalue weighted by Crippen LogP contribution is -2.41. The fourth-order valence-electron chi connectivity index (χ4n) is 2.37. The van der Waals surface area contributed by atoms with Gasteiger partial charge in [0.15, 0.2) is 5.69 Å². The zero-order valence-corrected chi connectivity index (χ0v) is 17.0. The first-order valence-corrected chi connectivity index (χ1v) is 9.87. The van der Waals surface area contributed by atoms with Crippen LogP contribution in [0.15, 0.2) is 59.5 Å². The van der Waals surface area contributed by atoms with Crippen LogP contribution >= 0.6 is 23.4 Å². The molecule has 3 rings (SSSR count). The first-order valence-electron chi connectivity index (χ1n) is 8.51. The maximum absolute atomic E-state index is 12.2. The summed E-state index contributed by atoms with van der Waals surface area (Å²) in [5.74, 6) is -0.0785. The third-order valence-electron chi connectivity index (χ3n) is 4.07. The van der Waals surface area contributed by atoms with Gasteiger partial charge in [0.2, 0.25) is 0 Å². The Kier molecular flexibility index (Phi) is 6.38. The number of aromatic nitrogens is 2. The largest absolute Gasteiger partial charge is 0.290 e. The first kappa shape index (κ1) is 20.0. The summed E-state index contributed by atoms with van der Waals surface area (Å²) in [6.07, 6.45) is 0. The van der Waals surface area contributed by atoms with Crippen molar-refractivity contribution in [3.8, 4) is 0 Å². The van der Waals surface area contributed by atoms with Gasteiger partial charge in [-0.3, -0.25) is 25.1 Å². The smallest absolute Gasteiger partial charge is 0.272 e. The van der Waals surface area contributed by atoms with Crippen LogP contribution in [0.1, 0.15) is 32.1 Å². The van der Waals surface area contributed by atoms with Gasteiger partial charge in [0.05, 0.1) is 0 Å². The van der Waals surface area contributed by atoms with Crippen molar-refractivity contribution < 1.29 is 9.59 Å². The minimum absolute atomic E-state index is 0.245. The molecular weight excluding hydrogens is 396 g/mol. The van der Waals surface area contributed by atoms with Crippen LogP contribution in [0.4, 0.5) is 0 Å². The summed E-state index contributed by atoms with van der Waals surface area (Å²) in [6.45, 7) is 1.84. The number of aryl methyl sites for hydroxylation is 2. The number of carbonyl (C=O) groups excluding carboxylic acids is 2. The molecule has 0 bridgehead atoms. The second kappa shape index (κ2) is 8.95. The van der Waals surface area contributed by atoms with Crippen LogP contribution in [-0.2, 0) is 12.8 Å². The van der Waals surface area contributed by atoms with Crippen molar-refractivity contribution in [1.29, 1.82) is 0 Å². The molecule has 0 saturated heterocycles. The molecule has 1 heterocycles. The maximum Gasteiger partial charge on any atom is 0.290 e. The molecule has 8 heteroatoms. The second-order valence-electron chi connectivity index (χ2n) is 6.14. The molecule has 0 radical (unpaired) electrons. The average molecular weight is 415 g/mol. The van der Waals surface area contributed by atoms with E-state index in [1.54, 1.807) is 41.7 Å². The molecule has 144 valence electrons. The van der Waals surface area contributed by atoms with E-state index < -0.39 is 11.8 Å². The van der Waals surface area contributed by atoms with Crippen molar-refractivity contribution in [3.05, 3.63) is 82.1 Å². The van der Waals surface area contributed by atoms with E-state index >= 15 is 0 Å². The molecule has 1 aromatic heterocycles. The molecule has 0 aliphatic heterocycles. The van der Waals surface area contributed by atoms with Gasteiger partial charge < -0.3 is 0 Å². The minimum atomic E-state index is -0.465. The zero-order chi connectivity index (χ0) is 20.1. The Morgan fingerprint density at radius 2 is 1.68 bits per heavy atom. The minimum Gasteiger partial charge on any atom is -0.272 e. The summed E-state index contributed by atoms with van der Waals surface area (Å²) < 4.78 is 1.59. The van der Waals surface area contributed by atoms with Crippen molar-refractivity contribution in [2.75, 3.05) is 0 Å². The molecule has 3 aromatic rings. The van der Waals surface area contributed by atoms with E-state index in [0.717, 1.165) is 21.9 Å². The predicted octanol–water partition coefficient (Wildman–Crippen LogP) is 3.75.